The van der Waals surface area contributed by atoms with Gasteiger partial charge in [-0.25, -0.2) is 0 Å². The molecule has 0 atom stereocenters. The lowest BCUT2D eigenvalue weighted by molar-refractivity contribution is -0.128. The number of carbonyl (C=O) groups excluding carboxylic acids is 1. The Morgan fingerprint density at radius 1 is 1.06 bits per heavy atom. The molecule has 0 aliphatic carbocycles. The van der Waals surface area contributed by atoms with E-state index >= 15 is 0 Å². The summed E-state index contributed by atoms with van der Waals surface area (Å²) in [7, 11) is 0. The van der Waals surface area contributed by atoms with Crippen molar-refractivity contribution >= 4 is 34.9 Å². The number of benzene rings is 2. The van der Waals surface area contributed by atoms with Gasteiger partial charge in [-0.1, -0.05) is 54.1 Å². The Labute approximate surface area is 196 Å². The molecule has 32 heavy (non-hydrogen) atoms. The minimum absolute atomic E-state index is 0.0361. The molecule has 2 aromatic heterocycles. The molecule has 0 saturated carbocycles. The van der Waals surface area contributed by atoms with E-state index in [4.69, 9.17) is 16.0 Å². The zero-order valence-electron chi connectivity index (χ0n) is 17.7. The van der Waals surface area contributed by atoms with E-state index in [9.17, 15) is 4.79 Å². The van der Waals surface area contributed by atoms with Gasteiger partial charge in [0.05, 0.1) is 17.1 Å². The molecule has 2 heterocycles. The van der Waals surface area contributed by atoms with Gasteiger partial charge in [-0.2, -0.15) is 0 Å². The van der Waals surface area contributed by atoms with Gasteiger partial charge >= 0.3 is 0 Å². The van der Waals surface area contributed by atoms with Gasteiger partial charge in [-0.05, 0) is 49.8 Å². The maximum Gasteiger partial charge on any atom is 0.249 e. The van der Waals surface area contributed by atoms with E-state index in [1.165, 1.54) is 0 Å². The molecule has 0 radical (unpaired) electrons. The van der Waals surface area contributed by atoms with Gasteiger partial charge in [-0.15, -0.1) is 21.5 Å². The highest BCUT2D eigenvalue weighted by Crippen LogP contribution is 2.29. The summed E-state index contributed by atoms with van der Waals surface area (Å²) in [6, 6.07) is 21.5. The van der Waals surface area contributed by atoms with Crippen LogP contribution >= 0.6 is 22.9 Å². The molecule has 2 aromatic carbocycles. The number of nitrogens with zero attached hydrogens (tertiary/aromatic N) is 3. The first-order valence-corrected chi connectivity index (χ1v) is 11.4. The number of halogens is 1. The summed E-state index contributed by atoms with van der Waals surface area (Å²) in [6.07, 6.45) is 3.43. The fourth-order valence-corrected chi connectivity index (χ4v) is 4.30. The Kier molecular flexibility index (Phi) is 6.83. The Bertz CT molecular complexity index is 1230. The number of rotatable bonds is 7. The smallest absolute Gasteiger partial charge is 0.249 e. The van der Waals surface area contributed by atoms with Crippen LogP contribution in [0.4, 0.5) is 0 Å². The molecule has 0 aliphatic rings. The minimum Gasteiger partial charge on any atom is -0.419 e. The molecule has 0 bridgehead atoms. The van der Waals surface area contributed by atoms with Crippen molar-refractivity contribution < 1.29 is 9.21 Å². The van der Waals surface area contributed by atoms with Crippen molar-refractivity contribution in [1.29, 1.82) is 0 Å². The number of aromatic nitrogens is 2. The molecule has 0 saturated heterocycles. The summed E-state index contributed by atoms with van der Waals surface area (Å²) >= 11 is 7.86. The average Bonchev–Trinajstić information content (AvgIpc) is 3.46. The monoisotopic (exact) mass is 463 g/mol. The molecule has 162 valence electrons. The van der Waals surface area contributed by atoms with Crippen molar-refractivity contribution in [2.45, 2.75) is 26.4 Å². The first-order valence-electron chi connectivity index (χ1n) is 10.2. The van der Waals surface area contributed by atoms with Crippen LogP contribution in [-0.2, 0) is 11.3 Å². The second kappa shape index (κ2) is 9.94. The van der Waals surface area contributed by atoms with Crippen molar-refractivity contribution in [3.05, 3.63) is 88.6 Å². The molecular weight excluding hydrogens is 442 g/mol. The van der Waals surface area contributed by atoms with Crippen LogP contribution in [0, 0.1) is 0 Å². The van der Waals surface area contributed by atoms with Crippen molar-refractivity contribution in [3.8, 4) is 21.9 Å². The first-order chi connectivity index (χ1) is 15.5. The fourth-order valence-electron chi connectivity index (χ4n) is 3.17. The second-order valence-electron chi connectivity index (χ2n) is 7.44. The number of hydrogen-bond acceptors (Lipinski definition) is 5. The summed E-state index contributed by atoms with van der Waals surface area (Å²) in [6.45, 7) is 4.13. The second-order valence-corrected chi connectivity index (χ2v) is 8.96. The van der Waals surface area contributed by atoms with Gasteiger partial charge in [-0.3, -0.25) is 4.79 Å². The highest BCUT2D eigenvalue weighted by Gasteiger charge is 2.19. The number of thiophene rings is 1. The summed E-state index contributed by atoms with van der Waals surface area (Å²) in [4.78, 5) is 16.8. The predicted molar refractivity (Wildman–Crippen MR) is 129 cm³/mol. The predicted octanol–water partition coefficient (Wildman–Crippen LogP) is 6.57. The molecule has 5 nitrogen and oxygen atoms in total. The van der Waals surface area contributed by atoms with Crippen LogP contribution in [0.1, 0.15) is 24.6 Å². The molecule has 0 N–H and O–H groups in total. The standard InChI is InChI=1S/C25H22ClN3O2S/c1-17(2)29(16-23-27-28-25(31-23)20-10-6-7-11-21(20)26)24(30)15-13-19-12-14-22(32-19)18-8-4-3-5-9-18/h3-15,17H,16H2,1-2H3/b15-13+. The van der Waals surface area contributed by atoms with Crippen LogP contribution in [0.25, 0.3) is 28.0 Å². The average molecular weight is 464 g/mol. The van der Waals surface area contributed by atoms with E-state index in [1.807, 2.05) is 62.4 Å². The largest absolute Gasteiger partial charge is 0.419 e. The van der Waals surface area contributed by atoms with E-state index in [2.05, 4.69) is 28.4 Å². The summed E-state index contributed by atoms with van der Waals surface area (Å²) in [5, 5.41) is 8.73. The normalized spacial score (nSPS) is 11.4. The third kappa shape index (κ3) is 5.15. The zero-order valence-corrected chi connectivity index (χ0v) is 19.3. The molecule has 7 heteroatoms. The Balaban J connectivity index is 1.46. The molecule has 0 spiro atoms. The highest BCUT2D eigenvalue weighted by atomic mass is 35.5. The molecule has 1 amide bonds. The van der Waals surface area contributed by atoms with Gasteiger partial charge in [0.15, 0.2) is 0 Å². The lowest BCUT2D eigenvalue weighted by Crippen LogP contribution is -2.35. The van der Waals surface area contributed by atoms with Gasteiger partial charge < -0.3 is 9.32 Å². The van der Waals surface area contributed by atoms with Crippen LogP contribution in [0.15, 0.2) is 77.2 Å². The number of hydrogen-bond donors (Lipinski definition) is 0. The van der Waals surface area contributed by atoms with Gasteiger partial charge in [0.2, 0.25) is 17.7 Å². The quantitative estimate of drug-likeness (QED) is 0.291. The first kappa shape index (κ1) is 22.0. The van der Waals surface area contributed by atoms with Crippen LogP contribution in [-0.4, -0.2) is 27.0 Å². The van der Waals surface area contributed by atoms with Crippen molar-refractivity contribution in [2.75, 3.05) is 0 Å². The summed E-state index contributed by atoms with van der Waals surface area (Å²) < 4.78 is 5.77. The number of carbonyl (C=O) groups is 1. The van der Waals surface area contributed by atoms with Crippen molar-refractivity contribution in [2.24, 2.45) is 0 Å². The topological polar surface area (TPSA) is 59.2 Å². The third-order valence-electron chi connectivity index (χ3n) is 4.86. The SMILES string of the molecule is CC(C)N(Cc1nnc(-c2ccccc2Cl)o1)C(=O)/C=C/c1ccc(-c2ccccc2)s1. The lowest BCUT2D eigenvalue weighted by atomic mass is 10.2. The van der Waals surface area contributed by atoms with Crippen LogP contribution in [0.5, 0.6) is 0 Å². The fraction of sp³-hybridized carbons (Fsp3) is 0.160. The minimum atomic E-state index is -0.118. The summed E-state index contributed by atoms with van der Waals surface area (Å²) in [5.74, 6) is 0.578. The highest BCUT2D eigenvalue weighted by molar-refractivity contribution is 7.16. The van der Waals surface area contributed by atoms with Crippen LogP contribution in [0.3, 0.4) is 0 Å². The number of amides is 1. The lowest BCUT2D eigenvalue weighted by Gasteiger charge is -2.23. The zero-order chi connectivity index (χ0) is 22.5. The summed E-state index contributed by atoms with van der Waals surface area (Å²) in [5.41, 5.74) is 1.83. The van der Waals surface area contributed by atoms with Gasteiger partial charge in [0, 0.05) is 21.9 Å². The maximum atomic E-state index is 12.9. The Hall–Kier alpha value is -3.22. The van der Waals surface area contributed by atoms with Crippen LogP contribution < -0.4 is 0 Å². The van der Waals surface area contributed by atoms with Gasteiger partial charge in [0.25, 0.3) is 0 Å². The van der Waals surface area contributed by atoms with E-state index in [0.29, 0.717) is 22.4 Å². The van der Waals surface area contributed by atoms with E-state index < -0.39 is 0 Å². The van der Waals surface area contributed by atoms with E-state index in [-0.39, 0.29) is 18.5 Å². The van der Waals surface area contributed by atoms with E-state index in [1.54, 1.807) is 28.4 Å². The Morgan fingerprint density at radius 2 is 1.81 bits per heavy atom. The third-order valence-corrected chi connectivity index (χ3v) is 6.29. The maximum absolute atomic E-state index is 12.9. The molecule has 0 aliphatic heterocycles. The molecular formula is C25H22ClN3O2S. The molecule has 0 fully saturated rings. The molecule has 0 unspecified atom stereocenters. The Morgan fingerprint density at radius 3 is 2.56 bits per heavy atom. The van der Waals surface area contributed by atoms with Crippen molar-refractivity contribution in [3.63, 3.8) is 0 Å². The van der Waals surface area contributed by atoms with Crippen molar-refractivity contribution in [1.82, 2.24) is 15.1 Å². The van der Waals surface area contributed by atoms with Gasteiger partial charge in [0.1, 0.15) is 0 Å². The van der Waals surface area contributed by atoms with Crippen LogP contribution in [0.2, 0.25) is 5.02 Å². The molecule has 4 rings (SSSR count). The molecule has 4 aromatic rings. The van der Waals surface area contributed by atoms with E-state index in [0.717, 1.165) is 15.3 Å².